The number of aliphatic carboxylic acids is 1. The van der Waals surface area contributed by atoms with E-state index >= 15 is 0 Å². The van der Waals surface area contributed by atoms with Crippen molar-refractivity contribution >= 4 is 39.8 Å². The van der Waals surface area contributed by atoms with Gasteiger partial charge in [-0.15, -0.1) is 11.3 Å². The first-order valence-electron chi connectivity index (χ1n) is 9.99. The van der Waals surface area contributed by atoms with E-state index in [0.717, 1.165) is 48.9 Å². The van der Waals surface area contributed by atoms with Gasteiger partial charge in [-0.1, -0.05) is 24.6 Å². The van der Waals surface area contributed by atoms with Crippen LogP contribution in [0.3, 0.4) is 0 Å². The molecule has 3 rings (SSSR count). The Kier molecular flexibility index (Phi) is 7.04. The molecule has 7 heteroatoms. The molecule has 1 aliphatic rings. The Hall–Kier alpha value is -2.67. The number of carboxylic acid groups (broad SMARTS) is 1. The zero-order chi connectivity index (χ0) is 20.8. The van der Waals surface area contributed by atoms with Crippen molar-refractivity contribution in [3.05, 3.63) is 45.8 Å². The minimum atomic E-state index is -0.918. The number of thiophene rings is 1. The molecule has 0 aliphatic heterocycles. The summed E-state index contributed by atoms with van der Waals surface area (Å²) in [5.74, 6) is -1.38. The lowest BCUT2D eigenvalue weighted by Crippen LogP contribution is -2.18. The molecule has 2 aromatic rings. The SMILES string of the molecule is Cc1ccccc1NC(=O)c1c(NC(=O)CCCC(=O)O)sc2c1CCCCC2. The summed E-state index contributed by atoms with van der Waals surface area (Å²) in [6, 6.07) is 7.60. The van der Waals surface area contributed by atoms with Crippen LogP contribution in [0.4, 0.5) is 10.7 Å². The number of para-hydroxylation sites is 1. The molecule has 1 heterocycles. The summed E-state index contributed by atoms with van der Waals surface area (Å²) in [7, 11) is 0. The highest BCUT2D eigenvalue weighted by molar-refractivity contribution is 7.17. The number of carbonyl (C=O) groups excluding carboxylic acids is 2. The van der Waals surface area contributed by atoms with Gasteiger partial charge in [-0.05, 0) is 56.2 Å². The van der Waals surface area contributed by atoms with Crippen LogP contribution in [0.1, 0.15) is 64.9 Å². The van der Waals surface area contributed by atoms with E-state index in [-0.39, 0.29) is 31.1 Å². The number of nitrogens with one attached hydrogen (secondary N) is 2. The molecule has 0 saturated carbocycles. The molecule has 0 atom stereocenters. The highest BCUT2D eigenvalue weighted by Crippen LogP contribution is 2.38. The van der Waals surface area contributed by atoms with Crippen LogP contribution in [0, 0.1) is 6.92 Å². The Morgan fingerprint density at radius 3 is 2.55 bits per heavy atom. The summed E-state index contributed by atoms with van der Waals surface area (Å²) in [4.78, 5) is 37.3. The van der Waals surface area contributed by atoms with Gasteiger partial charge in [0.2, 0.25) is 5.91 Å². The number of hydrogen-bond donors (Lipinski definition) is 3. The number of hydrogen-bond acceptors (Lipinski definition) is 4. The lowest BCUT2D eigenvalue weighted by Gasteiger charge is -2.11. The molecule has 0 spiro atoms. The lowest BCUT2D eigenvalue weighted by atomic mass is 10.0. The topological polar surface area (TPSA) is 95.5 Å². The second-order valence-electron chi connectivity index (χ2n) is 7.33. The van der Waals surface area contributed by atoms with Crippen LogP contribution in [0.2, 0.25) is 0 Å². The van der Waals surface area contributed by atoms with Crippen LogP contribution in [0.25, 0.3) is 0 Å². The summed E-state index contributed by atoms with van der Waals surface area (Å²) in [5, 5.41) is 15.2. The Balaban J connectivity index is 1.84. The zero-order valence-corrected chi connectivity index (χ0v) is 17.4. The Morgan fingerprint density at radius 1 is 1.03 bits per heavy atom. The summed E-state index contributed by atoms with van der Waals surface area (Å²) in [5.41, 5.74) is 3.33. The van der Waals surface area contributed by atoms with Crippen LogP contribution in [-0.2, 0) is 22.4 Å². The number of anilines is 2. The number of fused-ring (bicyclic) bond motifs is 1. The smallest absolute Gasteiger partial charge is 0.303 e. The third kappa shape index (κ3) is 5.44. The highest BCUT2D eigenvalue weighted by atomic mass is 32.1. The molecule has 0 saturated heterocycles. The molecule has 29 heavy (non-hydrogen) atoms. The minimum absolute atomic E-state index is 0.0466. The molecular formula is C22H26N2O4S. The molecule has 0 fully saturated rings. The maximum Gasteiger partial charge on any atom is 0.303 e. The highest BCUT2D eigenvalue weighted by Gasteiger charge is 2.26. The second kappa shape index (κ2) is 9.69. The van der Waals surface area contributed by atoms with E-state index in [4.69, 9.17) is 5.11 Å². The summed E-state index contributed by atoms with van der Waals surface area (Å²) < 4.78 is 0. The summed E-state index contributed by atoms with van der Waals surface area (Å²) in [6.45, 7) is 1.94. The predicted molar refractivity (Wildman–Crippen MR) is 115 cm³/mol. The van der Waals surface area contributed by atoms with Crippen LogP contribution >= 0.6 is 11.3 Å². The van der Waals surface area contributed by atoms with Gasteiger partial charge in [0, 0.05) is 23.4 Å². The molecule has 1 aliphatic carbocycles. The monoisotopic (exact) mass is 414 g/mol. The van der Waals surface area contributed by atoms with E-state index in [2.05, 4.69) is 10.6 Å². The van der Waals surface area contributed by atoms with E-state index in [9.17, 15) is 14.4 Å². The average Bonchev–Trinajstić information content (AvgIpc) is 2.84. The first-order valence-corrected chi connectivity index (χ1v) is 10.8. The maximum atomic E-state index is 13.2. The Bertz CT molecular complexity index is 920. The fraction of sp³-hybridized carbons (Fsp3) is 0.409. The third-order valence-corrected chi connectivity index (χ3v) is 6.30. The van der Waals surface area contributed by atoms with Crippen LogP contribution in [0.15, 0.2) is 24.3 Å². The van der Waals surface area contributed by atoms with Gasteiger partial charge in [0.1, 0.15) is 5.00 Å². The molecule has 2 amide bonds. The average molecular weight is 415 g/mol. The zero-order valence-electron chi connectivity index (χ0n) is 16.5. The van der Waals surface area contributed by atoms with Gasteiger partial charge in [-0.25, -0.2) is 0 Å². The quantitative estimate of drug-likeness (QED) is 0.569. The van der Waals surface area contributed by atoms with Crippen molar-refractivity contribution in [2.75, 3.05) is 10.6 Å². The van der Waals surface area contributed by atoms with Crippen molar-refractivity contribution in [2.45, 2.75) is 58.3 Å². The maximum absolute atomic E-state index is 13.2. The Labute approximate surface area is 174 Å². The molecule has 1 aromatic carbocycles. The normalized spacial score (nSPS) is 13.3. The van der Waals surface area contributed by atoms with E-state index < -0.39 is 5.97 Å². The fourth-order valence-corrected chi connectivity index (χ4v) is 4.86. The number of amides is 2. The van der Waals surface area contributed by atoms with Gasteiger partial charge in [0.05, 0.1) is 5.56 Å². The summed E-state index contributed by atoms with van der Waals surface area (Å²) >= 11 is 1.48. The second-order valence-corrected chi connectivity index (χ2v) is 8.44. The van der Waals surface area contributed by atoms with E-state index in [1.165, 1.54) is 16.2 Å². The molecule has 6 nitrogen and oxygen atoms in total. The first kappa shape index (κ1) is 21.0. The van der Waals surface area contributed by atoms with Crippen LogP contribution in [-0.4, -0.2) is 22.9 Å². The van der Waals surface area contributed by atoms with E-state index in [0.29, 0.717) is 10.6 Å². The minimum Gasteiger partial charge on any atom is -0.481 e. The number of benzene rings is 1. The van der Waals surface area contributed by atoms with Gasteiger partial charge in [0.15, 0.2) is 0 Å². The molecule has 3 N–H and O–H groups in total. The van der Waals surface area contributed by atoms with Gasteiger partial charge in [0.25, 0.3) is 5.91 Å². The fourth-order valence-electron chi connectivity index (χ4n) is 3.56. The lowest BCUT2D eigenvalue weighted by molar-refractivity contribution is -0.137. The van der Waals surface area contributed by atoms with Gasteiger partial charge in [-0.2, -0.15) is 0 Å². The van der Waals surface area contributed by atoms with Crippen molar-refractivity contribution in [3.8, 4) is 0 Å². The standard InChI is InChI=1S/C22H26N2O4S/c1-14-8-5-6-10-16(14)23-21(28)20-15-9-3-2-4-11-17(15)29-22(20)24-18(25)12-7-13-19(26)27/h5-6,8,10H,2-4,7,9,11-13H2,1H3,(H,23,28)(H,24,25)(H,26,27). The molecule has 0 unspecified atom stereocenters. The number of rotatable bonds is 7. The van der Waals surface area contributed by atoms with Crippen LogP contribution in [0.5, 0.6) is 0 Å². The molecular weight excluding hydrogens is 388 g/mol. The van der Waals surface area contributed by atoms with Crippen molar-refractivity contribution in [2.24, 2.45) is 0 Å². The van der Waals surface area contributed by atoms with E-state index in [1.807, 2.05) is 31.2 Å². The van der Waals surface area contributed by atoms with Crippen molar-refractivity contribution in [1.29, 1.82) is 0 Å². The molecule has 154 valence electrons. The van der Waals surface area contributed by atoms with Gasteiger partial charge < -0.3 is 15.7 Å². The number of carboxylic acids is 1. The van der Waals surface area contributed by atoms with Crippen LogP contribution < -0.4 is 10.6 Å². The van der Waals surface area contributed by atoms with Crippen molar-refractivity contribution in [3.63, 3.8) is 0 Å². The molecule has 1 aromatic heterocycles. The third-order valence-electron chi connectivity index (χ3n) is 5.09. The predicted octanol–water partition coefficient (Wildman–Crippen LogP) is 4.77. The van der Waals surface area contributed by atoms with Crippen molar-refractivity contribution < 1.29 is 19.5 Å². The Morgan fingerprint density at radius 2 is 1.79 bits per heavy atom. The van der Waals surface area contributed by atoms with Crippen molar-refractivity contribution in [1.82, 2.24) is 0 Å². The largest absolute Gasteiger partial charge is 0.481 e. The molecule has 0 bridgehead atoms. The molecule has 0 radical (unpaired) electrons. The number of carbonyl (C=O) groups is 3. The first-order chi connectivity index (χ1) is 14.0. The van der Waals surface area contributed by atoms with Gasteiger partial charge in [-0.3, -0.25) is 14.4 Å². The van der Waals surface area contributed by atoms with E-state index in [1.54, 1.807) is 0 Å². The van der Waals surface area contributed by atoms with Gasteiger partial charge >= 0.3 is 5.97 Å². The number of aryl methyl sites for hydroxylation is 2. The summed E-state index contributed by atoms with van der Waals surface area (Å²) in [6.07, 6.45) is 5.34.